The van der Waals surface area contributed by atoms with Crippen molar-refractivity contribution in [3.63, 3.8) is 0 Å². The third-order valence-corrected chi connectivity index (χ3v) is 1.68. The summed E-state index contributed by atoms with van der Waals surface area (Å²) < 4.78 is 0. The quantitative estimate of drug-likeness (QED) is 0.633. The molecule has 0 atom stereocenters. The largest absolute Gasteiger partial charge is 0.394 e. The Kier molecular flexibility index (Phi) is 8.97. The number of hydrogen-bond acceptors (Lipinski definition) is 1. The van der Waals surface area contributed by atoms with Crippen LogP contribution in [-0.2, 0) is 0 Å². The van der Waals surface area contributed by atoms with Crippen molar-refractivity contribution < 1.29 is 0 Å². The molecule has 0 aromatic rings. The van der Waals surface area contributed by atoms with Crippen molar-refractivity contribution in [1.29, 1.82) is 0 Å². The molecule has 0 saturated carbocycles. The van der Waals surface area contributed by atoms with Crippen LogP contribution in [0.2, 0.25) is 0 Å². The van der Waals surface area contributed by atoms with Gasteiger partial charge < -0.3 is 5.32 Å². The molecule has 0 aromatic carbocycles. The monoisotopic (exact) mass is 191 g/mol. The van der Waals surface area contributed by atoms with Gasteiger partial charge in [0.05, 0.1) is 0 Å². The molecule has 1 nitrogen and oxygen atoms in total. The molecule has 0 spiro atoms. The topological polar surface area (TPSA) is 12.0 Å². The highest BCUT2D eigenvalue weighted by Gasteiger charge is 1.76. The fourth-order valence-corrected chi connectivity index (χ4v) is 0.897. The molecule has 0 aliphatic rings. The molecule has 1 heteroatoms. The lowest BCUT2D eigenvalue weighted by atomic mass is 10.2. The van der Waals surface area contributed by atoms with Crippen molar-refractivity contribution in [2.45, 2.75) is 26.7 Å². The van der Waals surface area contributed by atoms with Gasteiger partial charge in [0.15, 0.2) is 0 Å². The van der Waals surface area contributed by atoms with E-state index in [2.05, 4.69) is 43.5 Å². The summed E-state index contributed by atoms with van der Waals surface area (Å²) in [6.45, 7) is 4.28. The summed E-state index contributed by atoms with van der Waals surface area (Å²) in [7, 11) is 1.89. The maximum absolute atomic E-state index is 2.94. The Labute approximate surface area is 87.9 Å². The first-order valence-corrected chi connectivity index (χ1v) is 5.15. The number of nitrogens with one attached hydrogen (secondary N) is 1. The second-order valence-electron chi connectivity index (χ2n) is 3.13. The Morgan fingerprint density at radius 1 is 1.21 bits per heavy atom. The minimum Gasteiger partial charge on any atom is -0.394 e. The molecule has 0 rings (SSSR count). The fraction of sp³-hybridized carbons (Fsp3) is 0.385. The van der Waals surface area contributed by atoms with Gasteiger partial charge in [-0.25, -0.2) is 0 Å². The third kappa shape index (κ3) is 8.85. The van der Waals surface area contributed by atoms with Crippen molar-refractivity contribution in [2.75, 3.05) is 7.05 Å². The van der Waals surface area contributed by atoms with E-state index in [0.29, 0.717) is 0 Å². The summed E-state index contributed by atoms with van der Waals surface area (Å²) in [4.78, 5) is 0. The van der Waals surface area contributed by atoms with Gasteiger partial charge in [-0.1, -0.05) is 49.3 Å². The lowest BCUT2D eigenvalue weighted by Crippen LogP contribution is -1.89. The van der Waals surface area contributed by atoms with Gasteiger partial charge in [0.25, 0.3) is 0 Å². The van der Waals surface area contributed by atoms with Gasteiger partial charge in [0.2, 0.25) is 0 Å². The Morgan fingerprint density at radius 3 is 2.64 bits per heavy atom. The molecule has 0 saturated heterocycles. The van der Waals surface area contributed by atoms with E-state index in [1.54, 1.807) is 0 Å². The van der Waals surface area contributed by atoms with Crippen LogP contribution in [0.25, 0.3) is 0 Å². The van der Waals surface area contributed by atoms with Gasteiger partial charge in [-0.05, 0) is 25.6 Å². The van der Waals surface area contributed by atoms with Gasteiger partial charge in [0.1, 0.15) is 0 Å². The highest BCUT2D eigenvalue weighted by atomic mass is 14.8. The van der Waals surface area contributed by atoms with Crippen molar-refractivity contribution in [2.24, 2.45) is 0 Å². The molecule has 0 aliphatic heterocycles. The summed E-state index contributed by atoms with van der Waals surface area (Å²) >= 11 is 0. The molecule has 78 valence electrons. The number of hydrogen-bond donors (Lipinski definition) is 1. The zero-order chi connectivity index (χ0) is 10.6. The lowest BCUT2D eigenvalue weighted by Gasteiger charge is -1.87. The van der Waals surface area contributed by atoms with Gasteiger partial charge in [0, 0.05) is 7.05 Å². The first-order chi connectivity index (χ1) is 6.81. The van der Waals surface area contributed by atoms with Crippen LogP contribution in [0.4, 0.5) is 0 Å². The highest BCUT2D eigenvalue weighted by molar-refractivity contribution is 5.24. The predicted molar refractivity (Wildman–Crippen MR) is 65.1 cm³/mol. The predicted octanol–water partition coefficient (Wildman–Crippen LogP) is 3.58. The van der Waals surface area contributed by atoms with Crippen LogP contribution in [0.5, 0.6) is 0 Å². The Morgan fingerprint density at radius 2 is 2.00 bits per heavy atom. The van der Waals surface area contributed by atoms with E-state index in [-0.39, 0.29) is 0 Å². The summed E-state index contributed by atoms with van der Waals surface area (Å²) in [5.74, 6) is 0. The second kappa shape index (κ2) is 9.85. The normalized spacial score (nSPS) is 13.5. The van der Waals surface area contributed by atoms with E-state index >= 15 is 0 Å². The number of allylic oxidation sites excluding steroid dienone is 7. The van der Waals surface area contributed by atoms with E-state index < -0.39 is 0 Å². The average molecular weight is 191 g/mol. The van der Waals surface area contributed by atoms with Crippen molar-refractivity contribution >= 4 is 0 Å². The van der Waals surface area contributed by atoms with E-state index in [0.717, 1.165) is 6.42 Å². The van der Waals surface area contributed by atoms with E-state index in [4.69, 9.17) is 0 Å². The Bertz CT molecular complexity index is 232. The second-order valence-corrected chi connectivity index (χ2v) is 3.13. The molecule has 0 bridgehead atoms. The van der Waals surface area contributed by atoms with Crippen LogP contribution in [0.1, 0.15) is 26.7 Å². The van der Waals surface area contributed by atoms with Gasteiger partial charge in [-0.2, -0.15) is 0 Å². The molecular formula is C13H21N. The highest BCUT2D eigenvalue weighted by Crippen LogP contribution is 1.97. The minimum atomic E-state index is 1.16. The summed E-state index contributed by atoms with van der Waals surface area (Å²) in [6, 6.07) is 0. The number of rotatable bonds is 6. The van der Waals surface area contributed by atoms with Crippen LogP contribution < -0.4 is 5.32 Å². The van der Waals surface area contributed by atoms with Gasteiger partial charge in [-0.3, -0.25) is 0 Å². The standard InChI is InChI=1S/C13H21N/c1-4-5-6-7-10-13(2)11-8-9-12-14-3/h6-12,14H,4-5H2,1-3H3/b7-6+,11-8+,12-9+,13-10+. The first kappa shape index (κ1) is 12.8. The lowest BCUT2D eigenvalue weighted by molar-refractivity contribution is 0.959. The van der Waals surface area contributed by atoms with E-state index in [9.17, 15) is 0 Å². The minimum absolute atomic E-state index is 1.16. The molecule has 0 radical (unpaired) electrons. The summed E-state index contributed by atoms with van der Waals surface area (Å²) in [5.41, 5.74) is 1.26. The van der Waals surface area contributed by atoms with Gasteiger partial charge >= 0.3 is 0 Å². The average Bonchev–Trinajstić information content (AvgIpc) is 2.19. The smallest absolute Gasteiger partial charge is 0.00277 e. The molecule has 0 amide bonds. The van der Waals surface area contributed by atoms with Crippen LogP contribution in [0, 0.1) is 0 Å². The van der Waals surface area contributed by atoms with Crippen molar-refractivity contribution in [1.82, 2.24) is 5.32 Å². The van der Waals surface area contributed by atoms with Crippen molar-refractivity contribution in [3.8, 4) is 0 Å². The SMILES string of the molecule is CCC/C=C/C=C(C)/C=C/C=C/NC. The fourth-order valence-electron chi connectivity index (χ4n) is 0.897. The maximum atomic E-state index is 2.94. The zero-order valence-corrected chi connectivity index (χ0v) is 9.46. The molecule has 0 heterocycles. The molecule has 14 heavy (non-hydrogen) atoms. The molecule has 0 fully saturated rings. The maximum Gasteiger partial charge on any atom is 0.00277 e. The molecule has 0 aromatic heterocycles. The first-order valence-electron chi connectivity index (χ1n) is 5.15. The molecule has 0 aliphatic carbocycles. The van der Waals surface area contributed by atoms with Crippen LogP contribution >= 0.6 is 0 Å². The van der Waals surface area contributed by atoms with E-state index in [1.807, 2.05) is 25.4 Å². The molecule has 1 N–H and O–H groups in total. The van der Waals surface area contributed by atoms with Crippen LogP contribution in [-0.4, -0.2) is 7.05 Å². The summed E-state index contributed by atoms with van der Waals surface area (Å²) in [5, 5.41) is 2.94. The van der Waals surface area contributed by atoms with Crippen LogP contribution in [0.3, 0.4) is 0 Å². The van der Waals surface area contributed by atoms with Crippen molar-refractivity contribution in [3.05, 3.63) is 48.2 Å². The zero-order valence-electron chi connectivity index (χ0n) is 9.46. The van der Waals surface area contributed by atoms with Gasteiger partial charge in [-0.15, -0.1) is 0 Å². The Hall–Kier alpha value is -1.24. The Balaban J connectivity index is 3.87. The molecule has 0 unspecified atom stereocenters. The third-order valence-electron chi connectivity index (χ3n) is 1.68. The number of unbranched alkanes of at least 4 members (excludes halogenated alkanes) is 1. The van der Waals surface area contributed by atoms with Crippen LogP contribution in [0.15, 0.2) is 48.2 Å². The van der Waals surface area contributed by atoms with E-state index in [1.165, 1.54) is 12.0 Å². The summed E-state index contributed by atoms with van der Waals surface area (Å²) in [6.07, 6.45) is 16.8. The molecular weight excluding hydrogens is 170 g/mol.